The topological polar surface area (TPSA) is 40.5 Å². The molecule has 6 atom stereocenters. The van der Waals surface area contributed by atoms with Crippen LogP contribution in [0.15, 0.2) is 34.9 Å². The Hall–Kier alpha value is -1.30. The zero-order valence-corrected chi connectivity index (χ0v) is 18.9. The van der Waals surface area contributed by atoms with E-state index in [0.29, 0.717) is 17.3 Å². The minimum atomic E-state index is -0.951. The lowest BCUT2D eigenvalue weighted by atomic mass is 9.46. The van der Waals surface area contributed by atoms with Crippen molar-refractivity contribution in [1.29, 1.82) is 0 Å². The second kappa shape index (κ2) is 7.14. The molecule has 0 aromatic carbocycles. The first-order valence-electron chi connectivity index (χ1n) is 11.6. The Labute approximate surface area is 177 Å². The van der Waals surface area contributed by atoms with Crippen molar-refractivity contribution in [3.8, 4) is 11.8 Å². The van der Waals surface area contributed by atoms with E-state index in [1.165, 1.54) is 43.3 Å². The van der Waals surface area contributed by atoms with Crippen LogP contribution in [0.5, 0.6) is 0 Å². The SMILES string of the molecule is CC(=CC#CC(C)(C)O)C1=CC=C2[C@@H]3CCC4CC(O)CC[C@]4(C)[C@H]3CC[C@]12C. The van der Waals surface area contributed by atoms with Crippen molar-refractivity contribution in [3.05, 3.63) is 34.9 Å². The predicted molar refractivity (Wildman–Crippen MR) is 119 cm³/mol. The Morgan fingerprint density at radius 3 is 2.62 bits per heavy atom. The monoisotopic (exact) mass is 394 g/mol. The van der Waals surface area contributed by atoms with Gasteiger partial charge in [-0.2, -0.15) is 0 Å². The molecule has 0 heterocycles. The zero-order chi connectivity index (χ0) is 21.0. The lowest BCUT2D eigenvalue weighted by Crippen LogP contribution is -2.51. The van der Waals surface area contributed by atoms with Crippen LogP contribution in [0.25, 0.3) is 0 Å². The van der Waals surface area contributed by atoms with E-state index in [-0.39, 0.29) is 11.5 Å². The van der Waals surface area contributed by atoms with Gasteiger partial charge in [0.05, 0.1) is 6.10 Å². The van der Waals surface area contributed by atoms with Gasteiger partial charge in [-0.05, 0) is 106 Å². The Morgan fingerprint density at radius 1 is 1.14 bits per heavy atom. The van der Waals surface area contributed by atoms with Gasteiger partial charge in [0.2, 0.25) is 0 Å². The smallest absolute Gasteiger partial charge is 0.120 e. The molecule has 2 N–H and O–H groups in total. The first kappa shape index (κ1) is 21.0. The molecule has 4 aliphatic carbocycles. The number of fused-ring (bicyclic) bond motifs is 5. The highest BCUT2D eigenvalue weighted by Crippen LogP contribution is 2.65. The van der Waals surface area contributed by atoms with Gasteiger partial charge in [0.15, 0.2) is 0 Å². The maximum atomic E-state index is 10.2. The third kappa shape index (κ3) is 3.55. The zero-order valence-electron chi connectivity index (χ0n) is 18.9. The molecule has 3 saturated carbocycles. The molecule has 2 unspecified atom stereocenters. The molecule has 0 aromatic rings. The van der Waals surface area contributed by atoms with Crippen LogP contribution in [0.3, 0.4) is 0 Å². The summed E-state index contributed by atoms with van der Waals surface area (Å²) in [5, 5.41) is 20.1. The van der Waals surface area contributed by atoms with Crippen molar-refractivity contribution < 1.29 is 10.2 Å². The number of aliphatic hydroxyl groups excluding tert-OH is 1. The second-order valence-corrected chi connectivity index (χ2v) is 11.2. The number of aliphatic hydroxyl groups is 2. The fraction of sp³-hybridized carbons (Fsp3) is 0.704. The number of hydrogen-bond acceptors (Lipinski definition) is 2. The van der Waals surface area contributed by atoms with Gasteiger partial charge >= 0.3 is 0 Å². The fourth-order valence-electron chi connectivity index (χ4n) is 7.20. The van der Waals surface area contributed by atoms with Crippen LogP contribution in [-0.2, 0) is 0 Å². The van der Waals surface area contributed by atoms with Crippen molar-refractivity contribution in [2.75, 3.05) is 0 Å². The molecule has 4 rings (SSSR count). The Morgan fingerprint density at radius 2 is 1.90 bits per heavy atom. The highest BCUT2D eigenvalue weighted by atomic mass is 16.3. The van der Waals surface area contributed by atoms with Gasteiger partial charge in [-0.3, -0.25) is 0 Å². The molecule has 0 spiro atoms. The average Bonchev–Trinajstić information content (AvgIpc) is 2.98. The standard InChI is InChI=1S/C27H38O2/c1-18(7-6-14-25(2,3)29)22-10-11-23-21-9-8-19-17-20(28)12-15-26(19,4)24(21)13-16-27(22,23)5/h7,10-11,19-21,24,28-29H,8-9,12-13,15-17H2,1-5H3/t19?,20?,21-,24-,26-,27+/m0/s1. The third-order valence-electron chi connectivity index (χ3n) is 8.77. The number of allylic oxidation sites excluding steroid dienone is 6. The maximum Gasteiger partial charge on any atom is 0.120 e. The Balaban J connectivity index is 1.57. The van der Waals surface area contributed by atoms with Crippen molar-refractivity contribution in [3.63, 3.8) is 0 Å². The molecular formula is C27H38O2. The van der Waals surface area contributed by atoms with Gasteiger partial charge in [-0.25, -0.2) is 0 Å². The van der Waals surface area contributed by atoms with Crippen molar-refractivity contribution in [1.82, 2.24) is 0 Å². The van der Waals surface area contributed by atoms with E-state index in [2.05, 4.69) is 44.8 Å². The van der Waals surface area contributed by atoms with Crippen LogP contribution in [0.2, 0.25) is 0 Å². The minimum absolute atomic E-state index is 0.0739. The summed E-state index contributed by atoms with van der Waals surface area (Å²) in [5.41, 5.74) is 3.88. The summed E-state index contributed by atoms with van der Waals surface area (Å²) >= 11 is 0. The van der Waals surface area contributed by atoms with Crippen LogP contribution >= 0.6 is 0 Å². The molecular weight excluding hydrogens is 356 g/mol. The summed E-state index contributed by atoms with van der Waals surface area (Å²) in [6, 6.07) is 0. The summed E-state index contributed by atoms with van der Waals surface area (Å²) in [5.74, 6) is 8.13. The molecule has 0 amide bonds. The number of rotatable bonds is 1. The molecule has 2 heteroatoms. The van der Waals surface area contributed by atoms with E-state index < -0.39 is 5.60 Å². The lowest BCUT2D eigenvalue weighted by Gasteiger charge is -2.59. The molecule has 158 valence electrons. The van der Waals surface area contributed by atoms with Gasteiger partial charge in [-0.15, -0.1) is 0 Å². The second-order valence-electron chi connectivity index (χ2n) is 11.2. The van der Waals surface area contributed by atoms with Crippen molar-refractivity contribution in [2.24, 2.45) is 28.6 Å². The molecule has 0 aliphatic heterocycles. The van der Waals surface area contributed by atoms with Crippen LogP contribution in [0.1, 0.15) is 79.6 Å². The first-order valence-corrected chi connectivity index (χ1v) is 11.6. The first-order chi connectivity index (χ1) is 13.5. The molecule has 0 radical (unpaired) electrons. The predicted octanol–water partition coefficient (Wildman–Crippen LogP) is 5.57. The van der Waals surface area contributed by atoms with Crippen LogP contribution in [-0.4, -0.2) is 21.9 Å². The highest BCUT2D eigenvalue weighted by Gasteiger charge is 2.56. The minimum Gasteiger partial charge on any atom is -0.393 e. The van der Waals surface area contributed by atoms with E-state index >= 15 is 0 Å². The van der Waals surface area contributed by atoms with Crippen LogP contribution < -0.4 is 0 Å². The molecule has 29 heavy (non-hydrogen) atoms. The number of hydrogen-bond donors (Lipinski definition) is 2. The molecule has 0 aromatic heterocycles. The van der Waals surface area contributed by atoms with Gasteiger partial charge in [0, 0.05) is 5.41 Å². The summed E-state index contributed by atoms with van der Waals surface area (Å²) < 4.78 is 0. The van der Waals surface area contributed by atoms with Crippen LogP contribution in [0, 0.1) is 40.4 Å². The molecule has 2 nitrogen and oxygen atoms in total. The van der Waals surface area contributed by atoms with Gasteiger partial charge < -0.3 is 10.2 Å². The summed E-state index contributed by atoms with van der Waals surface area (Å²) in [6.07, 6.45) is 14.9. The van der Waals surface area contributed by atoms with E-state index in [9.17, 15) is 10.2 Å². The molecule has 4 aliphatic rings. The van der Waals surface area contributed by atoms with Gasteiger partial charge in [0.1, 0.15) is 5.60 Å². The van der Waals surface area contributed by atoms with E-state index in [0.717, 1.165) is 18.8 Å². The Bertz CT molecular complexity index is 827. The van der Waals surface area contributed by atoms with Crippen molar-refractivity contribution >= 4 is 0 Å². The quantitative estimate of drug-likeness (QED) is 0.571. The molecule has 3 fully saturated rings. The molecule has 0 saturated heterocycles. The van der Waals surface area contributed by atoms with E-state index in [4.69, 9.17) is 0 Å². The lowest BCUT2D eigenvalue weighted by molar-refractivity contribution is -0.0793. The highest BCUT2D eigenvalue weighted by molar-refractivity contribution is 5.53. The maximum absolute atomic E-state index is 10.2. The summed E-state index contributed by atoms with van der Waals surface area (Å²) in [6.45, 7) is 10.6. The third-order valence-corrected chi connectivity index (χ3v) is 8.77. The molecule has 0 bridgehead atoms. The fourth-order valence-corrected chi connectivity index (χ4v) is 7.20. The average molecular weight is 395 g/mol. The van der Waals surface area contributed by atoms with Gasteiger partial charge in [0.25, 0.3) is 0 Å². The van der Waals surface area contributed by atoms with Gasteiger partial charge in [-0.1, -0.05) is 43.4 Å². The summed E-state index contributed by atoms with van der Waals surface area (Å²) in [4.78, 5) is 0. The van der Waals surface area contributed by atoms with E-state index in [1.807, 2.05) is 6.08 Å². The van der Waals surface area contributed by atoms with E-state index in [1.54, 1.807) is 19.4 Å². The largest absolute Gasteiger partial charge is 0.393 e. The van der Waals surface area contributed by atoms with Crippen LogP contribution in [0.4, 0.5) is 0 Å². The normalized spacial score (nSPS) is 42.0. The van der Waals surface area contributed by atoms with Crippen molar-refractivity contribution in [2.45, 2.75) is 91.3 Å². The Kier molecular flexibility index (Phi) is 5.16. The summed E-state index contributed by atoms with van der Waals surface area (Å²) in [7, 11) is 0.